The van der Waals surface area contributed by atoms with Gasteiger partial charge in [0, 0.05) is 17.5 Å². The molecule has 0 spiro atoms. The number of carbonyl (C=O) groups is 1. The van der Waals surface area contributed by atoms with E-state index in [9.17, 15) is 14.9 Å². The molecule has 5 atom stereocenters. The lowest BCUT2D eigenvalue weighted by atomic mass is 9.49. The number of nitriles is 1. The van der Waals surface area contributed by atoms with Crippen LogP contribution in [-0.4, -0.2) is 5.78 Å². The van der Waals surface area contributed by atoms with Gasteiger partial charge < -0.3 is 4.42 Å². The van der Waals surface area contributed by atoms with Crippen molar-refractivity contribution >= 4 is 5.78 Å². The third-order valence-corrected chi connectivity index (χ3v) is 9.55. The first-order valence-corrected chi connectivity index (χ1v) is 12.4. The highest BCUT2D eigenvalue weighted by Crippen LogP contribution is 2.63. The molecule has 0 saturated heterocycles. The predicted octanol–water partition coefficient (Wildman–Crippen LogP) is 5.81. The van der Waals surface area contributed by atoms with Crippen molar-refractivity contribution in [2.24, 2.45) is 23.2 Å². The average molecular weight is 452 g/mol. The molecule has 1 fully saturated rings. The molecule has 0 amide bonds. The first kappa shape index (κ1) is 21.4. The molecular weight excluding hydrogens is 422 g/mol. The van der Waals surface area contributed by atoms with Gasteiger partial charge >= 0.3 is 5.63 Å². The summed E-state index contributed by atoms with van der Waals surface area (Å²) in [6.45, 7) is 6.63. The Morgan fingerprint density at radius 2 is 1.82 bits per heavy atom. The zero-order chi connectivity index (χ0) is 23.8. The molecule has 0 radical (unpaired) electrons. The number of ketones is 1. The van der Waals surface area contributed by atoms with Gasteiger partial charge in [0.25, 0.3) is 0 Å². The Morgan fingerprint density at radius 3 is 2.56 bits per heavy atom. The Balaban J connectivity index is 1.52. The fourth-order valence-electron chi connectivity index (χ4n) is 7.67. The molecule has 1 aromatic carbocycles. The van der Waals surface area contributed by atoms with Gasteiger partial charge in [-0.3, -0.25) is 4.79 Å². The van der Waals surface area contributed by atoms with Gasteiger partial charge in [-0.25, -0.2) is 4.79 Å². The summed E-state index contributed by atoms with van der Waals surface area (Å²) in [5, 5.41) is 9.97. The lowest BCUT2D eigenvalue weighted by Gasteiger charge is -2.55. The van der Waals surface area contributed by atoms with Crippen LogP contribution in [0.25, 0.3) is 11.3 Å². The van der Waals surface area contributed by atoms with Crippen molar-refractivity contribution in [3.8, 4) is 17.4 Å². The van der Waals surface area contributed by atoms with Crippen LogP contribution in [0, 0.1) is 41.4 Å². The van der Waals surface area contributed by atoms with Crippen LogP contribution in [0.3, 0.4) is 0 Å². The van der Waals surface area contributed by atoms with Crippen molar-refractivity contribution in [1.82, 2.24) is 0 Å². The quantitative estimate of drug-likeness (QED) is 0.549. The van der Waals surface area contributed by atoms with Crippen molar-refractivity contribution in [3.05, 3.63) is 80.7 Å². The molecule has 0 aliphatic heterocycles. The highest BCUT2D eigenvalue weighted by molar-refractivity contribution is 5.92. The summed E-state index contributed by atoms with van der Waals surface area (Å²) in [7, 11) is 0. The Labute approximate surface area is 200 Å². The first-order valence-electron chi connectivity index (χ1n) is 12.4. The second kappa shape index (κ2) is 7.15. The van der Waals surface area contributed by atoms with Crippen LogP contribution in [0.5, 0.6) is 0 Å². The van der Waals surface area contributed by atoms with Crippen molar-refractivity contribution in [2.45, 2.75) is 58.3 Å². The van der Waals surface area contributed by atoms with Crippen LogP contribution in [-0.2, 0) is 16.6 Å². The van der Waals surface area contributed by atoms with Crippen LogP contribution in [0.2, 0.25) is 0 Å². The lowest BCUT2D eigenvalue weighted by Crippen LogP contribution is -2.49. The molecule has 6 rings (SSSR count). The number of nitrogens with zero attached hydrogens (tertiary/aromatic N) is 1. The summed E-state index contributed by atoms with van der Waals surface area (Å²) in [6.07, 6.45) is 10.6. The van der Waals surface area contributed by atoms with Gasteiger partial charge in [0.2, 0.25) is 0 Å². The number of allylic oxidation sites excluding steroid dienone is 4. The van der Waals surface area contributed by atoms with E-state index < -0.39 is 5.63 Å². The van der Waals surface area contributed by atoms with Gasteiger partial charge in [0.05, 0.1) is 0 Å². The number of hydrogen-bond acceptors (Lipinski definition) is 4. The highest BCUT2D eigenvalue weighted by Gasteiger charge is 2.58. The van der Waals surface area contributed by atoms with Gasteiger partial charge in [0.1, 0.15) is 17.4 Å². The number of rotatable bonds is 1. The van der Waals surface area contributed by atoms with E-state index in [1.54, 1.807) is 0 Å². The van der Waals surface area contributed by atoms with Gasteiger partial charge in [-0.15, -0.1) is 0 Å². The molecule has 1 heterocycles. The number of benzene rings is 1. The van der Waals surface area contributed by atoms with Crippen LogP contribution in [0.4, 0.5) is 0 Å². The number of hydrogen-bond donors (Lipinski definition) is 0. The van der Waals surface area contributed by atoms with E-state index in [2.05, 4.69) is 32.1 Å². The third-order valence-electron chi connectivity index (χ3n) is 9.55. The Kier molecular flexibility index (Phi) is 4.49. The molecule has 4 nitrogen and oxygen atoms in total. The van der Waals surface area contributed by atoms with E-state index >= 15 is 0 Å². The summed E-state index contributed by atoms with van der Waals surface area (Å²) in [5.74, 6) is 1.95. The minimum atomic E-state index is -0.525. The monoisotopic (exact) mass is 451 g/mol. The second-order valence-corrected chi connectivity index (χ2v) is 11.2. The summed E-state index contributed by atoms with van der Waals surface area (Å²) in [5.41, 5.74) is 4.60. The smallest absolute Gasteiger partial charge is 0.354 e. The summed E-state index contributed by atoms with van der Waals surface area (Å²) >= 11 is 0. The highest BCUT2D eigenvalue weighted by atomic mass is 16.4. The van der Waals surface area contributed by atoms with Gasteiger partial charge in [-0.05, 0) is 78.4 Å². The largest absolute Gasteiger partial charge is 0.421 e. The van der Waals surface area contributed by atoms with Gasteiger partial charge in [0.15, 0.2) is 5.78 Å². The van der Waals surface area contributed by atoms with Crippen molar-refractivity contribution in [3.63, 3.8) is 0 Å². The average Bonchev–Trinajstić information content (AvgIpc) is 3.13. The Hall–Kier alpha value is -3.19. The predicted molar refractivity (Wildman–Crippen MR) is 130 cm³/mol. The second-order valence-electron chi connectivity index (χ2n) is 11.2. The SMILES string of the molecule is Cc1ccc(-c2oc(=O)c(C#N)c3c2C[C@H]2[C@@H]4C=CC5=CC(=O)CC[C@]5(C)[C@H]4CC[C@]32C)cc1. The molecule has 0 bridgehead atoms. The maximum Gasteiger partial charge on any atom is 0.354 e. The molecule has 1 aromatic heterocycles. The fraction of sp³-hybridized carbons (Fsp3) is 0.433. The van der Waals surface area contributed by atoms with E-state index in [1.165, 1.54) is 5.57 Å². The minimum Gasteiger partial charge on any atom is -0.421 e. The van der Waals surface area contributed by atoms with Crippen LogP contribution < -0.4 is 5.63 Å². The number of carbonyl (C=O) groups excluding carboxylic acids is 1. The van der Waals surface area contributed by atoms with Crippen LogP contribution in [0.1, 0.15) is 61.8 Å². The normalized spacial score (nSPS) is 33.3. The van der Waals surface area contributed by atoms with E-state index in [0.717, 1.165) is 47.9 Å². The van der Waals surface area contributed by atoms with Crippen LogP contribution in [0.15, 0.2) is 57.3 Å². The molecule has 4 heteroatoms. The lowest BCUT2D eigenvalue weighted by molar-refractivity contribution is -0.116. The molecule has 1 saturated carbocycles. The zero-order valence-corrected chi connectivity index (χ0v) is 20.0. The topological polar surface area (TPSA) is 71.1 Å². The van der Waals surface area contributed by atoms with Crippen molar-refractivity contribution in [1.29, 1.82) is 5.26 Å². The fourth-order valence-corrected chi connectivity index (χ4v) is 7.67. The van der Waals surface area contributed by atoms with Crippen LogP contribution >= 0.6 is 0 Å². The summed E-state index contributed by atoms with van der Waals surface area (Å²) in [4.78, 5) is 25.1. The third kappa shape index (κ3) is 2.76. The van der Waals surface area contributed by atoms with E-state index in [0.29, 0.717) is 29.9 Å². The standard InChI is InChI=1S/C30H29NO3/c1-17-4-6-18(7-5-17)27-22-15-25-21-9-8-19-14-20(32)10-12-29(19,2)24(21)11-13-30(25,3)26(22)23(16-31)28(33)34-27/h4-9,14,21,24-25H,10-13,15H2,1-3H3/t21-,24+,25+,29+,30+/m1/s1. The molecule has 4 aliphatic carbocycles. The number of fused-ring (bicyclic) bond motifs is 7. The minimum absolute atomic E-state index is 0.00927. The van der Waals surface area contributed by atoms with E-state index in [4.69, 9.17) is 4.42 Å². The molecule has 4 aliphatic rings. The molecule has 2 aromatic rings. The van der Waals surface area contributed by atoms with E-state index in [1.807, 2.05) is 37.3 Å². The maximum absolute atomic E-state index is 13.0. The molecule has 0 N–H and O–H groups in total. The summed E-state index contributed by atoms with van der Waals surface area (Å²) < 4.78 is 5.83. The Bertz CT molecular complexity index is 1390. The molecule has 34 heavy (non-hydrogen) atoms. The van der Waals surface area contributed by atoms with Crippen molar-refractivity contribution < 1.29 is 9.21 Å². The molecule has 172 valence electrons. The maximum atomic E-state index is 13.0. The summed E-state index contributed by atoms with van der Waals surface area (Å²) in [6, 6.07) is 10.3. The zero-order valence-electron chi connectivity index (χ0n) is 20.0. The van der Waals surface area contributed by atoms with Gasteiger partial charge in [-0.2, -0.15) is 5.26 Å². The Morgan fingerprint density at radius 1 is 1.06 bits per heavy atom. The van der Waals surface area contributed by atoms with E-state index in [-0.39, 0.29) is 22.2 Å². The van der Waals surface area contributed by atoms with Gasteiger partial charge in [-0.1, -0.05) is 55.8 Å². The molecular formula is C30H29NO3. The first-order chi connectivity index (χ1) is 16.3. The number of aryl methyl sites for hydroxylation is 1. The van der Waals surface area contributed by atoms with Crippen molar-refractivity contribution in [2.75, 3.05) is 0 Å². The molecule has 0 unspecified atom stereocenters.